The van der Waals surface area contributed by atoms with Gasteiger partial charge in [-0.3, -0.25) is 4.79 Å². The van der Waals surface area contributed by atoms with E-state index in [1.165, 1.54) is 28.7 Å². The van der Waals surface area contributed by atoms with Gasteiger partial charge in [-0.05, 0) is 18.1 Å². The fraction of sp³-hybridized carbons (Fsp3) is 0.143. The van der Waals surface area contributed by atoms with Gasteiger partial charge in [0.25, 0.3) is 0 Å². The Hall–Kier alpha value is -2.97. The molecule has 0 aliphatic carbocycles. The molecule has 1 N–H and O–H groups in total. The standard InChI is InChI=1S/C21H19N5OS2/c1-14(29-21-25-22-13-26(21)2)19(27)24-20-23-18(12-28-20)17-10-8-16(9-11-17)15-6-4-3-5-7-15/h3-14H,1-2H3,(H,23,24,27)/t14-/m1/s1. The maximum Gasteiger partial charge on any atom is 0.239 e. The summed E-state index contributed by atoms with van der Waals surface area (Å²) in [6.45, 7) is 1.84. The van der Waals surface area contributed by atoms with Crippen molar-refractivity contribution in [3.8, 4) is 22.4 Å². The molecule has 2 aromatic heterocycles. The molecule has 8 heteroatoms. The molecule has 0 unspecified atom stereocenters. The summed E-state index contributed by atoms with van der Waals surface area (Å²) in [6.07, 6.45) is 1.61. The predicted molar refractivity (Wildman–Crippen MR) is 118 cm³/mol. The first-order chi connectivity index (χ1) is 14.1. The van der Waals surface area contributed by atoms with Crippen molar-refractivity contribution in [2.24, 2.45) is 7.05 Å². The molecule has 6 nitrogen and oxygen atoms in total. The summed E-state index contributed by atoms with van der Waals surface area (Å²) in [4.78, 5) is 17.0. The van der Waals surface area contributed by atoms with E-state index in [9.17, 15) is 4.79 Å². The number of hydrogen-bond donors (Lipinski definition) is 1. The van der Waals surface area contributed by atoms with Crippen LogP contribution < -0.4 is 5.32 Å². The van der Waals surface area contributed by atoms with Gasteiger partial charge in [-0.2, -0.15) is 0 Å². The van der Waals surface area contributed by atoms with Crippen LogP contribution in [0.3, 0.4) is 0 Å². The molecule has 0 spiro atoms. The zero-order chi connectivity index (χ0) is 20.2. The smallest absolute Gasteiger partial charge is 0.239 e. The Morgan fingerprint density at radius 1 is 1.07 bits per heavy atom. The zero-order valence-corrected chi connectivity index (χ0v) is 17.6. The van der Waals surface area contributed by atoms with Crippen LogP contribution in [-0.2, 0) is 11.8 Å². The average Bonchev–Trinajstić information content (AvgIpc) is 3.38. The first kappa shape index (κ1) is 19.4. The Morgan fingerprint density at radius 3 is 2.45 bits per heavy atom. The highest BCUT2D eigenvalue weighted by molar-refractivity contribution is 8.00. The number of nitrogens with zero attached hydrogens (tertiary/aromatic N) is 4. The molecule has 0 fully saturated rings. The molecule has 4 rings (SSSR count). The highest BCUT2D eigenvalue weighted by Gasteiger charge is 2.18. The summed E-state index contributed by atoms with van der Waals surface area (Å²) in [6, 6.07) is 18.5. The molecule has 29 heavy (non-hydrogen) atoms. The predicted octanol–water partition coefficient (Wildman–Crippen LogP) is 4.72. The van der Waals surface area contributed by atoms with E-state index in [0.717, 1.165) is 16.8 Å². The van der Waals surface area contributed by atoms with E-state index in [4.69, 9.17) is 0 Å². The number of aryl methyl sites for hydroxylation is 1. The molecule has 1 amide bonds. The number of anilines is 1. The monoisotopic (exact) mass is 421 g/mol. The number of rotatable bonds is 6. The molecule has 0 saturated carbocycles. The van der Waals surface area contributed by atoms with Crippen molar-refractivity contribution in [3.63, 3.8) is 0 Å². The second-order valence-corrected chi connectivity index (χ2v) is 8.62. The minimum atomic E-state index is -0.310. The van der Waals surface area contributed by atoms with Crippen molar-refractivity contribution in [2.75, 3.05) is 5.32 Å². The lowest BCUT2D eigenvalue weighted by molar-refractivity contribution is -0.115. The molecular formula is C21H19N5OS2. The summed E-state index contributed by atoms with van der Waals surface area (Å²) < 4.78 is 1.79. The fourth-order valence-corrected chi connectivity index (χ4v) is 4.24. The summed E-state index contributed by atoms with van der Waals surface area (Å²) in [5, 5.41) is 13.7. The van der Waals surface area contributed by atoms with Gasteiger partial charge in [0.15, 0.2) is 10.3 Å². The van der Waals surface area contributed by atoms with Gasteiger partial charge < -0.3 is 9.88 Å². The number of thioether (sulfide) groups is 1. The number of nitrogens with one attached hydrogen (secondary N) is 1. The summed E-state index contributed by atoms with van der Waals surface area (Å²) in [5.41, 5.74) is 4.20. The van der Waals surface area contributed by atoms with Gasteiger partial charge in [0, 0.05) is 18.0 Å². The van der Waals surface area contributed by atoms with Gasteiger partial charge in [0.2, 0.25) is 5.91 Å². The number of hydrogen-bond acceptors (Lipinski definition) is 6. The van der Waals surface area contributed by atoms with Crippen molar-refractivity contribution in [1.29, 1.82) is 0 Å². The van der Waals surface area contributed by atoms with Gasteiger partial charge in [0.1, 0.15) is 6.33 Å². The Bertz CT molecular complexity index is 1110. The minimum Gasteiger partial charge on any atom is -0.312 e. The van der Waals surface area contributed by atoms with Crippen LogP contribution in [0.1, 0.15) is 6.92 Å². The van der Waals surface area contributed by atoms with Crippen LogP contribution in [0.5, 0.6) is 0 Å². The topological polar surface area (TPSA) is 72.7 Å². The van der Waals surface area contributed by atoms with Crippen LogP contribution in [0.2, 0.25) is 0 Å². The van der Waals surface area contributed by atoms with Crippen LogP contribution in [0.15, 0.2) is 71.5 Å². The van der Waals surface area contributed by atoms with Crippen LogP contribution in [-0.4, -0.2) is 30.9 Å². The highest BCUT2D eigenvalue weighted by Crippen LogP contribution is 2.28. The number of benzene rings is 2. The van der Waals surface area contributed by atoms with Crippen LogP contribution in [0.25, 0.3) is 22.4 Å². The molecule has 2 aromatic carbocycles. The largest absolute Gasteiger partial charge is 0.312 e. The molecule has 4 aromatic rings. The summed E-state index contributed by atoms with van der Waals surface area (Å²) in [7, 11) is 1.85. The van der Waals surface area contributed by atoms with E-state index in [1.807, 2.05) is 37.6 Å². The average molecular weight is 422 g/mol. The van der Waals surface area contributed by atoms with Crippen molar-refractivity contribution in [3.05, 3.63) is 66.3 Å². The quantitative estimate of drug-likeness (QED) is 0.456. The van der Waals surface area contributed by atoms with Crippen molar-refractivity contribution in [2.45, 2.75) is 17.3 Å². The van der Waals surface area contributed by atoms with Crippen LogP contribution in [0, 0.1) is 0 Å². The van der Waals surface area contributed by atoms with E-state index in [1.54, 1.807) is 10.9 Å². The Kier molecular flexibility index (Phi) is 5.73. The van der Waals surface area contributed by atoms with Crippen molar-refractivity contribution in [1.82, 2.24) is 19.7 Å². The molecule has 0 radical (unpaired) electrons. The first-order valence-corrected chi connectivity index (χ1v) is 10.8. The van der Waals surface area contributed by atoms with Gasteiger partial charge in [0.05, 0.1) is 10.9 Å². The van der Waals surface area contributed by atoms with E-state index < -0.39 is 0 Å². The number of carbonyl (C=O) groups excluding carboxylic acids is 1. The number of carbonyl (C=O) groups is 1. The number of thiazole rings is 1. The third-order valence-electron chi connectivity index (χ3n) is 4.34. The number of aromatic nitrogens is 4. The fourth-order valence-electron chi connectivity index (χ4n) is 2.73. The van der Waals surface area contributed by atoms with Crippen LogP contribution in [0.4, 0.5) is 5.13 Å². The van der Waals surface area contributed by atoms with Gasteiger partial charge in [-0.1, -0.05) is 66.4 Å². The van der Waals surface area contributed by atoms with Crippen LogP contribution >= 0.6 is 23.1 Å². The van der Waals surface area contributed by atoms with Gasteiger partial charge in [-0.25, -0.2) is 4.98 Å². The molecular weight excluding hydrogens is 402 g/mol. The van der Waals surface area contributed by atoms with Gasteiger partial charge in [-0.15, -0.1) is 21.5 Å². The molecule has 2 heterocycles. The Morgan fingerprint density at radius 2 is 1.76 bits per heavy atom. The highest BCUT2D eigenvalue weighted by atomic mass is 32.2. The summed E-state index contributed by atoms with van der Waals surface area (Å²) in [5.74, 6) is -0.113. The maximum absolute atomic E-state index is 12.5. The normalized spacial score (nSPS) is 11.9. The molecule has 0 aliphatic heterocycles. The minimum absolute atomic E-state index is 0.113. The van der Waals surface area contributed by atoms with Crippen molar-refractivity contribution >= 4 is 34.1 Å². The lowest BCUT2D eigenvalue weighted by atomic mass is 10.0. The Balaban J connectivity index is 1.41. The summed E-state index contributed by atoms with van der Waals surface area (Å²) >= 11 is 2.78. The lowest BCUT2D eigenvalue weighted by Gasteiger charge is -2.09. The van der Waals surface area contributed by atoms with Gasteiger partial charge >= 0.3 is 0 Å². The second kappa shape index (κ2) is 8.59. The van der Waals surface area contributed by atoms with Crippen molar-refractivity contribution < 1.29 is 4.79 Å². The maximum atomic E-state index is 12.5. The van der Waals surface area contributed by atoms with E-state index in [2.05, 4.69) is 56.9 Å². The van der Waals surface area contributed by atoms with E-state index >= 15 is 0 Å². The van der Waals surface area contributed by atoms with E-state index in [0.29, 0.717) is 10.3 Å². The molecule has 146 valence electrons. The number of amides is 1. The molecule has 0 aliphatic rings. The SMILES string of the molecule is C[C@@H](Sc1nncn1C)C(=O)Nc1nc(-c2ccc(-c3ccccc3)cc2)cs1. The molecule has 1 atom stereocenters. The molecule has 0 saturated heterocycles. The zero-order valence-electron chi connectivity index (χ0n) is 15.9. The third-order valence-corrected chi connectivity index (χ3v) is 6.25. The third kappa shape index (κ3) is 4.55. The lowest BCUT2D eigenvalue weighted by Crippen LogP contribution is -2.22. The Labute approximate surface area is 177 Å². The first-order valence-electron chi connectivity index (χ1n) is 9.03. The second-order valence-electron chi connectivity index (χ2n) is 6.46. The van der Waals surface area contributed by atoms with E-state index in [-0.39, 0.29) is 11.2 Å². The molecule has 0 bridgehead atoms.